The van der Waals surface area contributed by atoms with E-state index in [9.17, 15) is 9.90 Å². The van der Waals surface area contributed by atoms with Crippen molar-refractivity contribution < 1.29 is 19.4 Å². The Bertz CT molecular complexity index is 973. The lowest BCUT2D eigenvalue weighted by Gasteiger charge is -2.49. The molecule has 1 saturated heterocycles. The fourth-order valence-corrected chi connectivity index (χ4v) is 4.85. The summed E-state index contributed by atoms with van der Waals surface area (Å²) in [4.78, 5) is 11.5. The Hall–Kier alpha value is -2.59. The molecule has 4 rings (SSSR count). The lowest BCUT2D eigenvalue weighted by Crippen LogP contribution is -2.49. The summed E-state index contributed by atoms with van der Waals surface area (Å²) < 4.78 is 13.1. The number of hydrogen-bond donors (Lipinski definition) is 1. The number of benzene rings is 2. The summed E-state index contributed by atoms with van der Waals surface area (Å²) in [7, 11) is 0. The SMILES string of the molecule is CC(C)=CCC[C@@]1(C)Oc2c(-c3cccc(C(=O)O)c3)cccc2[C@@H]2OCCC[C@H]21. The molecule has 3 atom stereocenters. The van der Waals surface area contributed by atoms with E-state index >= 15 is 0 Å². The van der Waals surface area contributed by atoms with Crippen molar-refractivity contribution in [2.75, 3.05) is 6.61 Å². The first kappa shape index (κ1) is 20.7. The second-order valence-electron chi connectivity index (χ2n) is 8.88. The summed E-state index contributed by atoms with van der Waals surface area (Å²) in [6.07, 6.45) is 6.32. The molecule has 0 aromatic heterocycles. The van der Waals surface area contributed by atoms with E-state index in [4.69, 9.17) is 9.47 Å². The van der Waals surface area contributed by atoms with E-state index in [2.05, 4.69) is 32.9 Å². The number of carboxylic acid groups (broad SMARTS) is 1. The van der Waals surface area contributed by atoms with Gasteiger partial charge in [-0.3, -0.25) is 0 Å². The number of rotatable bonds is 5. The Labute approximate surface area is 178 Å². The number of hydrogen-bond acceptors (Lipinski definition) is 3. The maximum Gasteiger partial charge on any atom is 0.335 e. The molecule has 158 valence electrons. The second kappa shape index (κ2) is 8.27. The fraction of sp³-hybridized carbons (Fsp3) is 0.423. The van der Waals surface area contributed by atoms with Crippen LogP contribution in [0.5, 0.6) is 5.75 Å². The predicted molar refractivity (Wildman–Crippen MR) is 118 cm³/mol. The van der Waals surface area contributed by atoms with Gasteiger partial charge in [-0.25, -0.2) is 4.79 Å². The molecule has 0 spiro atoms. The summed E-state index contributed by atoms with van der Waals surface area (Å²) in [5.74, 6) is 0.220. The van der Waals surface area contributed by atoms with Crippen LogP contribution in [0.2, 0.25) is 0 Å². The highest BCUT2D eigenvalue weighted by Crippen LogP contribution is 2.53. The number of allylic oxidation sites excluding steroid dienone is 2. The topological polar surface area (TPSA) is 55.8 Å². The molecule has 1 fully saturated rings. The van der Waals surface area contributed by atoms with Gasteiger partial charge in [0, 0.05) is 23.7 Å². The van der Waals surface area contributed by atoms with Crippen molar-refractivity contribution in [2.24, 2.45) is 5.92 Å². The third kappa shape index (κ3) is 3.89. The zero-order chi connectivity index (χ0) is 21.3. The maximum atomic E-state index is 11.5. The first-order chi connectivity index (χ1) is 14.4. The highest BCUT2D eigenvalue weighted by molar-refractivity contribution is 5.90. The highest BCUT2D eigenvalue weighted by atomic mass is 16.5. The molecule has 2 aromatic carbocycles. The van der Waals surface area contributed by atoms with Crippen LogP contribution in [0, 0.1) is 5.92 Å². The lowest BCUT2D eigenvalue weighted by molar-refractivity contribution is -0.126. The van der Waals surface area contributed by atoms with Gasteiger partial charge in [0.2, 0.25) is 0 Å². The third-order valence-corrected chi connectivity index (χ3v) is 6.41. The molecule has 0 aliphatic carbocycles. The predicted octanol–water partition coefficient (Wildman–Crippen LogP) is 6.42. The van der Waals surface area contributed by atoms with Gasteiger partial charge >= 0.3 is 5.97 Å². The summed E-state index contributed by atoms with van der Waals surface area (Å²) >= 11 is 0. The zero-order valence-electron chi connectivity index (χ0n) is 18.0. The van der Waals surface area contributed by atoms with E-state index in [1.165, 1.54) is 5.57 Å². The molecule has 1 N–H and O–H groups in total. The third-order valence-electron chi connectivity index (χ3n) is 6.41. The molecular formula is C26H30O4. The molecule has 0 saturated carbocycles. The lowest BCUT2D eigenvalue weighted by atomic mass is 9.72. The van der Waals surface area contributed by atoms with E-state index in [0.717, 1.165) is 54.7 Å². The Morgan fingerprint density at radius 2 is 2.03 bits per heavy atom. The minimum absolute atomic E-state index is 0.0156. The van der Waals surface area contributed by atoms with E-state index in [0.29, 0.717) is 5.92 Å². The normalized spacial score (nSPS) is 24.9. The molecule has 2 heterocycles. The first-order valence-electron chi connectivity index (χ1n) is 10.8. The van der Waals surface area contributed by atoms with Crippen LogP contribution < -0.4 is 4.74 Å². The number of carbonyl (C=O) groups is 1. The molecule has 4 nitrogen and oxygen atoms in total. The average Bonchev–Trinajstić information content (AvgIpc) is 2.73. The summed E-state index contributed by atoms with van der Waals surface area (Å²) in [5, 5.41) is 9.42. The molecule has 2 aromatic rings. The number of fused-ring (bicyclic) bond motifs is 3. The monoisotopic (exact) mass is 406 g/mol. The van der Waals surface area contributed by atoms with E-state index < -0.39 is 5.97 Å². The number of aromatic carboxylic acids is 1. The van der Waals surface area contributed by atoms with Gasteiger partial charge in [0.05, 0.1) is 11.7 Å². The van der Waals surface area contributed by atoms with Gasteiger partial charge in [-0.05, 0) is 64.2 Å². The van der Waals surface area contributed by atoms with Crippen LogP contribution in [-0.4, -0.2) is 23.3 Å². The number of ether oxygens (including phenoxy) is 2. The van der Waals surface area contributed by atoms with Crippen molar-refractivity contribution in [2.45, 2.75) is 58.2 Å². The van der Waals surface area contributed by atoms with Crippen LogP contribution in [0.15, 0.2) is 54.1 Å². The maximum absolute atomic E-state index is 11.5. The molecule has 2 aliphatic heterocycles. The van der Waals surface area contributed by atoms with Crippen molar-refractivity contribution in [1.29, 1.82) is 0 Å². The van der Waals surface area contributed by atoms with Crippen molar-refractivity contribution in [3.63, 3.8) is 0 Å². The first-order valence-corrected chi connectivity index (χ1v) is 10.8. The van der Waals surface area contributed by atoms with Crippen molar-refractivity contribution >= 4 is 5.97 Å². The molecule has 0 bridgehead atoms. The van der Waals surface area contributed by atoms with Crippen LogP contribution in [0.1, 0.15) is 68.5 Å². The summed E-state index contributed by atoms with van der Waals surface area (Å²) in [6.45, 7) is 7.23. The van der Waals surface area contributed by atoms with E-state index in [1.807, 2.05) is 18.2 Å². The van der Waals surface area contributed by atoms with Crippen molar-refractivity contribution in [3.05, 3.63) is 65.2 Å². The van der Waals surface area contributed by atoms with Gasteiger partial charge in [-0.15, -0.1) is 0 Å². The minimum atomic E-state index is -0.926. The van der Waals surface area contributed by atoms with Gasteiger partial charge in [-0.1, -0.05) is 42.0 Å². The van der Waals surface area contributed by atoms with E-state index in [-0.39, 0.29) is 17.3 Å². The van der Waals surface area contributed by atoms with Gasteiger partial charge < -0.3 is 14.6 Å². The molecule has 0 amide bonds. The Balaban J connectivity index is 1.78. The Morgan fingerprint density at radius 3 is 2.80 bits per heavy atom. The van der Waals surface area contributed by atoms with E-state index in [1.54, 1.807) is 18.2 Å². The number of para-hydroxylation sites is 1. The van der Waals surface area contributed by atoms with Crippen LogP contribution in [0.25, 0.3) is 11.1 Å². The Morgan fingerprint density at radius 1 is 1.23 bits per heavy atom. The quantitative estimate of drug-likeness (QED) is 0.582. The largest absolute Gasteiger partial charge is 0.486 e. The summed E-state index contributed by atoms with van der Waals surface area (Å²) in [5.41, 5.74) is 4.13. The average molecular weight is 407 g/mol. The summed E-state index contributed by atoms with van der Waals surface area (Å²) in [6, 6.07) is 13.2. The smallest absolute Gasteiger partial charge is 0.335 e. The highest BCUT2D eigenvalue weighted by Gasteiger charge is 2.48. The van der Waals surface area contributed by atoms with Gasteiger partial charge in [0.25, 0.3) is 0 Å². The van der Waals surface area contributed by atoms with Crippen LogP contribution in [0.3, 0.4) is 0 Å². The fourth-order valence-electron chi connectivity index (χ4n) is 4.85. The Kier molecular flexibility index (Phi) is 5.70. The standard InChI is InChI=1S/C26H30O4/c1-17(2)8-6-14-26(3)22-13-7-15-29-24(22)21-12-5-11-20(23(21)30-26)18-9-4-10-19(16-18)25(27)28/h4-5,8-12,16,22,24H,6-7,13-15H2,1-3H3,(H,27,28)/t22-,24+,26-/m1/s1. The van der Waals surface area contributed by atoms with Gasteiger partial charge in [0.1, 0.15) is 11.4 Å². The van der Waals surface area contributed by atoms with Gasteiger partial charge in [-0.2, -0.15) is 0 Å². The van der Waals surface area contributed by atoms with Crippen LogP contribution in [-0.2, 0) is 4.74 Å². The molecule has 2 aliphatic rings. The van der Waals surface area contributed by atoms with Crippen molar-refractivity contribution in [1.82, 2.24) is 0 Å². The minimum Gasteiger partial charge on any atom is -0.486 e. The molecule has 0 unspecified atom stereocenters. The van der Waals surface area contributed by atoms with Crippen LogP contribution in [0.4, 0.5) is 0 Å². The second-order valence-corrected chi connectivity index (χ2v) is 8.88. The molecular weight excluding hydrogens is 376 g/mol. The molecule has 0 radical (unpaired) electrons. The molecule has 4 heteroatoms. The number of carboxylic acids is 1. The molecule has 30 heavy (non-hydrogen) atoms. The van der Waals surface area contributed by atoms with Crippen LogP contribution >= 0.6 is 0 Å². The zero-order valence-corrected chi connectivity index (χ0v) is 18.0. The van der Waals surface area contributed by atoms with Crippen molar-refractivity contribution in [3.8, 4) is 16.9 Å². The van der Waals surface area contributed by atoms with Gasteiger partial charge in [0.15, 0.2) is 0 Å².